The van der Waals surface area contributed by atoms with E-state index in [-0.39, 0.29) is 0 Å². The minimum absolute atomic E-state index is 0.776. The van der Waals surface area contributed by atoms with Gasteiger partial charge in [0.2, 0.25) is 0 Å². The van der Waals surface area contributed by atoms with Crippen LogP contribution in [0, 0.1) is 5.92 Å². The van der Waals surface area contributed by atoms with Crippen molar-refractivity contribution in [2.45, 2.75) is 32.7 Å². The van der Waals surface area contributed by atoms with Crippen molar-refractivity contribution in [1.29, 1.82) is 0 Å². The molecule has 3 heteroatoms. The van der Waals surface area contributed by atoms with Gasteiger partial charge in [0, 0.05) is 11.4 Å². The van der Waals surface area contributed by atoms with Crippen molar-refractivity contribution < 1.29 is 0 Å². The van der Waals surface area contributed by atoms with Crippen molar-refractivity contribution in [2.75, 3.05) is 13.1 Å². The first-order valence-corrected chi connectivity index (χ1v) is 6.64. The van der Waals surface area contributed by atoms with E-state index in [0.29, 0.717) is 0 Å². The summed E-state index contributed by atoms with van der Waals surface area (Å²) in [5.41, 5.74) is 5.51. The molecule has 1 atom stereocenters. The van der Waals surface area contributed by atoms with E-state index >= 15 is 0 Å². The molecule has 86 valence electrons. The molecular formula is C12H22N2S. The summed E-state index contributed by atoms with van der Waals surface area (Å²) in [6, 6.07) is 4.28. The highest BCUT2D eigenvalue weighted by atomic mass is 32.1. The lowest BCUT2D eigenvalue weighted by molar-refractivity contribution is 0.469. The van der Waals surface area contributed by atoms with E-state index in [9.17, 15) is 0 Å². The predicted molar refractivity (Wildman–Crippen MR) is 68.1 cm³/mol. The largest absolute Gasteiger partial charge is 0.330 e. The van der Waals surface area contributed by atoms with E-state index in [1.165, 1.54) is 17.7 Å². The standard InChI is InChI=1S/C12H22N2S/c1-11(6-7-13)4-2-8-14-10-12-5-3-9-15-12/h3,5,9,11,14H,2,4,6-8,10,13H2,1H3. The number of hydrogen-bond donors (Lipinski definition) is 2. The zero-order valence-electron chi connectivity index (χ0n) is 9.54. The molecule has 0 spiro atoms. The summed E-state index contributed by atoms with van der Waals surface area (Å²) >= 11 is 1.82. The minimum atomic E-state index is 0.776. The molecule has 0 fully saturated rings. The Balaban J connectivity index is 1.93. The van der Waals surface area contributed by atoms with E-state index in [0.717, 1.165) is 32.0 Å². The average molecular weight is 226 g/mol. The Kier molecular flexibility index (Phi) is 6.64. The lowest BCUT2D eigenvalue weighted by Crippen LogP contribution is -2.15. The van der Waals surface area contributed by atoms with Crippen LogP contribution in [0.15, 0.2) is 17.5 Å². The van der Waals surface area contributed by atoms with Gasteiger partial charge in [0.15, 0.2) is 0 Å². The van der Waals surface area contributed by atoms with Gasteiger partial charge in [0.05, 0.1) is 0 Å². The maximum atomic E-state index is 5.51. The van der Waals surface area contributed by atoms with E-state index in [4.69, 9.17) is 5.73 Å². The molecule has 0 bridgehead atoms. The van der Waals surface area contributed by atoms with Crippen LogP contribution in [-0.2, 0) is 6.54 Å². The normalized spacial score (nSPS) is 12.9. The van der Waals surface area contributed by atoms with Crippen LogP contribution in [0.2, 0.25) is 0 Å². The fourth-order valence-electron chi connectivity index (χ4n) is 1.63. The molecule has 1 rings (SSSR count). The summed E-state index contributed by atoms with van der Waals surface area (Å²) < 4.78 is 0. The SMILES string of the molecule is CC(CCN)CCCNCc1cccs1. The van der Waals surface area contributed by atoms with Crippen LogP contribution in [0.3, 0.4) is 0 Å². The van der Waals surface area contributed by atoms with Gasteiger partial charge in [-0.15, -0.1) is 11.3 Å². The molecule has 1 unspecified atom stereocenters. The lowest BCUT2D eigenvalue weighted by Gasteiger charge is -2.09. The summed E-state index contributed by atoms with van der Waals surface area (Å²) in [6.45, 7) is 5.24. The Bertz CT molecular complexity index is 234. The van der Waals surface area contributed by atoms with Crippen molar-refractivity contribution in [2.24, 2.45) is 11.7 Å². The van der Waals surface area contributed by atoms with Crippen LogP contribution >= 0.6 is 11.3 Å². The van der Waals surface area contributed by atoms with Gasteiger partial charge < -0.3 is 11.1 Å². The number of nitrogens with one attached hydrogen (secondary N) is 1. The summed E-state index contributed by atoms with van der Waals surface area (Å²) in [5.74, 6) is 0.776. The quantitative estimate of drug-likeness (QED) is 0.669. The topological polar surface area (TPSA) is 38.0 Å². The molecule has 0 aliphatic rings. The highest BCUT2D eigenvalue weighted by molar-refractivity contribution is 7.09. The van der Waals surface area contributed by atoms with Crippen LogP contribution in [0.5, 0.6) is 0 Å². The molecule has 0 radical (unpaired) electrons. The lowest BCUT2D eigenvalue weighted by atomic mass is 10.0. The second-order valence-corrected chi connectivity index (χ2v) is 5.11. The van der Waals surface area contributed by atoms with E-state index < -0.39 is 0 Å². The molecule has 0 aliphatic carbocycles. The van der Waals surface area contributed by atoms with Gasteiger partial charge in [-0.2, -0.15) is 0 Å². The van der Waals surface area contributed by atoms with Crippen molar-refractivity contribution in [1.82, 2.24) is 5.32 Å². The van der Waals surface area contributed by atoms with Gasteiger partial charge in [-0.05, 0) is 49.7 Å². The van der Waals surface area contributed by atoms with Crippen molar-refractivity contribution >= 4 is 11.3 Å². The van der Waals surface area contributed by atoms with Crippen LogP contribution < -0.4 is 11.1 Å². The first kappa shape index (κ1) is 12.7. The zero-order chi connectivity index (χ0) is 10.9. The number of hydrogen-bond acceptors (Lipinski definition) is 3. The second-order valence-electron chi connectivity index (χ2n) is 4.08. The molecule has 0 saturated carbocycles. The van der Waals surface area contributed by atoms with Crippen LogP contribution in [0.4, 0.5) is 0 Å². The second kappa shape index (κ2) is 7.85. The van der Waals surface area contributed by atoms with E-state index in [1.54, 1.807) is 0 Å². The summed E-state index contributed by atoms with van der Waals surface area (Å²) in [4.78, 5) is 1.42. The van der Waals surface area contributed by atoms with Gasteiger partial charge >= 0.3 is 0 Å². The third-order valence-corrected chi connectivity index (χ3v) is 3.47. The maximum absolute atomic E-state index is 5.51. The smallest absolute Gasteiger partial charge is 0.0299 e. The summed E-state index contributed by atoms with van der Waals surface area (Å²) in [5, 5.41) is 5.59. The van der Waals surface area contributed by atoms with Gasteiger partial charge in [-0.25, -0.2) is 0 Å². The number of rotatable bonds is 8. The molecule has 0 aromatic carbocycles. The molecule has 0 amide bonds. The Morgan fingerprint density at radius 3 is 3.00 bits per heavy atom. The molecule has 15 heavy (non-hydrogen) atoms. The van der Waals surface area contributed by atoms with Gasteiger partial charge in [-0.3, -0.25) is 0 Å². The highest BCUT2D eigenvalue weighted by Crippen LogP contribution is 2.09. The molecule has 1 aromatic rings. The van der Waals surface area contributed by atoms with Gasteiger partial charge in [-0.1, -0.05) is 13.0 Å². The molecular weight excluding hydrogens is 204 g/mol. The molecule has 3 N–H and O–H groups in total. The Morgan fingerprint density at radius 1 is 1.47 bits per heavy atom. The first-order chi connectivity index (χ1) is 7.33. The fourth-order valence-corrected chi connectivity index (χ4v) is 2.30. The van der Waals surface area contributed by atoms with Gasteiger partial charge in [0.25, 0.3) is 0 Å². The first-order valence-electron chi connectivity index (χ1n) is 5.76. The number of thiophene rings is 1. The predicted octanol–water partition coefficient (Wildman–Crippen LogP) is 2.60. The maximum Gasteiger partial charge on any atom is 0.0299 e. The van der Waals surface area contributed by atoms with E-state index in [2.05, 4.69) is 29.8 Å². The van der Waals surface area contributed by atoms with Crippen LogP contribution in [-0.4, -0.2) is 13.1 Å². The summed E-state index contributed by atoms with van der Waals surface area (Å²) in [6.07, 6.45) is 3.70. The summed E-state index contributed by atoms with van der Waals surface area (Å²) in [7, 11) is 0. The molecule has 2 nitrogen and oxygen atoms in total. The minimum Gasteiger partial charge on any atom is -0.330 e. The van der Waals surface area contributed by atoms with Crippen molar-refractivity contribution in [3.05, 3.63) is 22.4 Å². The Labute approximate surface area is 96.9 Å². The third-order valence-electron chi connectivity index (χ3n) is 2.59. The van der Waals surface area contributed by atoms with Crippen LogP contribution in [0.1, 0.15) is 31.1 Å². The molecule has 0 aliphatic heterocycles. The Hall–Kier alpha value is -0.380. The van der Waals surface area contributed by atoms with E-state index in [1.807, 2.05) is 11.3 Å². The number of nitrogens with two attached hydrogens (primary N) is 1. The zero-order valence-corrected chi connectivity index (χ0v) is 10.4. The highest BCUT2D eigenvalue weighted by Gasteiger charge is 2.00. The monoisotopic (exact) mass is 226 g/mol. The average Bonchev–Trinajstić information content (AvgIpc) is 2.70. The van der Waals surface area contributed by atoms with Crippen molar-refractivity contribution in [3.8, 4) is 0 Å². The molecule has 1 aromatic heterocycles. The van der Waals surface area contributed by atoms with Gasteiger partial charge in [0.1, 0.15) is 0 Å². The third kappa shape index (κ3) is 5.92. The fraction of sp³-hybridized carbons (Fsp3) is 0.667. The van der Waals surface area contributed by atoms with Crippen LogP contribution in [0.25, 0.3) is 0 Å². The Morgan fingerprint density at radius 2 is 2.33 bits per heavy atom. The van der Waals surface area contributed by atoms with Crippen molar-refractivity contribution in [3.63, 3.8) is 0 Å². The molecule has 0 saturated heterocycles. The molecule has 1 heterocycles.